The molecule has 3 aliphatic rings. The molecule has 1 fully saturated rings. The summed E-state index contributed by atoms with van der Waals surface area (Å²) < 4.78 is 2.37. The Kier molecular flexibility index (Phi) is 7.03. The van der Waals surface area contributed by atoms with E-state index < -0.39 is 0 Å². The summed E-state index contributed by atoms with van der Waals surface area (Å²) in [5.41, 5.74) is 14.5. The van der Waals surface area contributed by atoms with Gasteiger partial charge in [-0.05, 0) is 88.5 Å². The molecule has 0 amide bonds. The molecule has 3 aliphatic heterocycles. The van der Waals surface area contributed by atoms with Crippen molar-refractivity contribution in [3.63, 3.8) is 0 Å². The Balaban J connectivity index is 1.01. The van der Waals surface area contributed by atoms with Gasteiger partial charge in [0.25, 0.3) is 0 Å². The molecule has 7 aromatic rings. The zero-order chi connectivity index (χ0) is 33.9. The molecular weight excluding hydrogens is 621 g/mol. The van der Waals surface area contributed by atoms with Crippen LogP contribution in [0.25, 0.3) is 55.4 Å². The van der Waals surface area contributed by atoms with Crippen LogP contribution in [-0.4, -0.2) is 46.6 Å². The maximum Gasteiger partial charge on any atom is 0.0699 e. The van der Waals surface area contributed by atoms with Crippen molar-refractivity contribution >= 4 is 38.9 Å². The van der Waals surface area contributed by atoms with E-state index in [1.807, 2.05) is 0 Å². The van der Waals surface area contributed by atoms with E-state index in [4.69, 9.17) is 0 Å². The molecule has 4 heteroatoms. The van der Waals surface area contributed by atoms with E-state index in [0.717, 1.165) is 17.9 Å². The number of aromatic nitrogens is 1. The van der Waals surface area contributed by atoms with Crippen LogP contribution < -0.4 is 5.32 Å². The zero-order valence-electron chi connectivity index (χ0n) is 28.6. The van der Waals surface area contributed by atoms with Crippen LogP contribution >= 0.6 is 0 Å². The standard InChI is InChI=1S/C47H38N4/c1-49-44(20-11-21-45(49)36-27-39-31-50(39)30-36)35-14-10-15-37(26-35)48-43-24-22-33(28-41(43)32-12-4-2-5-13-32)34-23-25-47-42(29-34)40-18-8-9-19-46(40)51(47)38-16-6-3-7-17-38/h2-29,39,45,48H,30-31H2,1H3. The summed E-state index contributed by atoms with van der Waals surface area (Å²) >= 11 is 0. The predicted molar refractivity (Wildman–Crippen MR) is 213 cm³/mol. The molecule has 1 N–H and O–H groups in total. The van der Waals surface area contributed by atoms with Crippen LogP contribution in [0.5, 0.6) is 0 Å². The number of hydrogen-bond donors (Lipinski definition) is 1. The molecular formula is C47H38N4. The highest BCUT2D eigenvalue weighted by atomic mass is 15.3. The van der Waals surface area contributed by atoms with E-state index in [9.17, 15) is 0 Å². The van der Waals surface area contributed by atoms with E-state index in [1.165, 1.54) is 73.1 Å². The van der Waals surface area contributed by atoms with E-state index in [-0.39, 0.29) is 0 Å². The maximum atomic E-state index is 3.81. The van der Waals surface area contributed by atoms with Crippen molar-refractivity contribution in [2.45, 2.75) is 12.1 Å². The minimum Gasteiger partial charge on any atom is -0.364 e. The molecule has 10 rings (SSSR count). The minimum absolute atomic E-state index is 0.306. The summed E-state index contributed by atoms with van der Waals surface area (Å²) in [6.07, 6.45) is 9.27. The topological polar surface area (TPSA) is 23.2 Å². The molecule has 246 valence electrons. The number of fused-ring (bicyclic) bond motifs is 4. The fraction of sp³-hybridized carbons (Fsp3) is 0.106. The van der Waals surface area contributed by atoms with Crippen molar-refractivity contribution in [1.82, 2.24) is 14.4 Å². The third kappa shape index (κ3) is 5.27. The lowest BCUT2D eigenvalue weighted by Gasteiger charge is -2.34. The Labute approximate surface area is 298 Å². The van der Waals surface area contributed by atoms with Crippen LogP contribution in [0.3, 0.4) is 0 Å². The molecule has 0 aliphatic carbocycles. The lowest BCUT2D eigenvalue weighted by atomic mass is 9.96. The average molecular weight is 659 g/mol. The van der Waals surface area contributed by atoms with Crippen molar-refractivity contribution in [2.75, 3.05) is 25.5 Å². The van der Waals surface area contributed by atoms with Crippen molar-refractivity contribution in [3.05, 3.63) is 181 Å². The van der Waals surface area contributed by atoms with Gasteiger partial charge in [0.1, 0.15) is 0 Å². The highest BCUT2D eigenvalue weighted by Gasteiger charge is 2.40. The number of anilines is 2. The fourth-order valence-corrected chi connectivity index (χ4v) is 8.19. The van der Waals surface area contributed by atoms with Gasteiger partial charge >= 0.3 is 0 Å². The van der Waals surface area contributed by atoms with E-state index in [1.54, 1.807) is 0 Å². The minimum atomic E-state index is 0.306. The highest BCUT2D eigenvalue weighted by molar-refractivity contribution is 6.10. The monoisotopic (exact) mass is 658 g/mol. The third-order valence-corrected chi connectivity index (χ3v) is 10.8. The van der Waals surface area contributed by atoms with E-state index in [2.05, 4.69) is 197 Å². The molecule has 51 heavy (non-hydrogen) atoms. The summed E-state index contributed by atoms with van der Waals surface area (Å²) in [4.78, 5) is 4.95. The molecule has 0 radical (unpaired) electrons. The molecule has 3 unspecified atom stereocenters. The summed E-state index contributed by atoms with van der Waals surface area (Å²) in [5.74, 6) is 0. The maximum absolute atomic E-state index is 3.81. The number of nitrogens with one attached hydrogen (secondary N) is 1. The molecule has 4 nitrogen and oxygen atoms in total. The van der Waals surface area contributed by atoms with Gasteiger partial charge in [0, 0.05) is 65.3 Å². The summed E-state index contributed by atoms with van der Waals surface area (Å²) in [7, 11) is 2.23. The quantitative estimate of drug-likeness (QED) is 0.136. The van der Waals surface area contributed by atoms with Gasteiger partial charge in [-0.15, -0.1) is 0 Å². The number of allylic oxidation sites excluding steroid dienone is 2. The van der Waals surface area contributed by atoms with E-state index in [0.29, 0.717) is 12.1 Å². The lowest BCUT2D eigenvalue weighted by Crippen LogP contribution is -2.33. The molecule has 0 spiro atoms. The number of hydrogen-bond acceptors (Lipinski definition) is 3. The van der Waals surface area contributed by atoms with Gasteiger partial charge in [-0.3, -0.25) is 4.90 Å². The fourth-order valence-electron chi connectivity index (χ4n) is 8.19. The van der Waals surface area contributed by atoms with Gasteiger partial charge in [0.15, 0.2) is 0 Å². The second-order valence-corrected chi connectivity index (χ2v) is 14.0. The van der Waals surface area contributed by atoms with Gasteiger partial charge in [0.2, 0.25) is 0 Å². The summed E-state index contributed by atoms with van der Waals surface area (Å²) in [6.45, 7) is 2.31. The summed E-state index contributed by atoms with van der Waals surface area (Å²) in [5, 5.41) is 6.33. The number of nitrogens with zero attached hydrogens (tertiary/aromatic N) is 3. The van der Waals surface area contributed by atoms with Crippen molar-refractivity contribution in [1.29, 1.82) is 0 Å². The van der Waals surface area contributed by atoms with Crippen molar-refractivity contribution in [2.24, 2.45) is 0 Å². The zero-order valence-corrected chi connectivity index (χ0v) is 28.6. The van der Waals surface area contributed by atoms with Gasteiger partial charge < -0.3 is 14.8 Å². The van der Waals surface area contributed by atoms with Crippen LogP contribution in [-0.2, 0) is 0 Å². The Morgan fingerprint density at radius 3 is 2.22 bits per heavy atom. The predicted octanol–water partition coefficient (Wildman–Crippen LogP) is 10.7. The Bertz CT molecular complexity index is 2540. The molecule has 4 heterocycles. The number of para-hydroxylation sites is 2. The molecule has 0 bridgehead atoms. The Hall–Kier alpha value is -6.10. The van der Waals surface area contributed by atoms with Gasteiger partial charge in [-0.1, -0.05) is 109 Å². The highest BCUT2D eigenvalue weighted by Crippen LogP contribution is 2.39. The van der Waals surface area contributed by atoms with Crippen LogP contribution in [0.2, 0.25) is 0 Å². The number of benzene rings is 6. The molecule has 1 saturated heterocycles. The van der Waals surface area contributed by atoms with Gasteiger partial charge in [0.05, 0.1) is 17.1 Å². The SMILES string of the molecule is CN1C(c2cccc(Nc3ccc(-c4ccc5c(c4)c4ccccc4n5-c4ccccc4)cc3-c3ccccc3)c2)=CC=CC1C1=CC2CN2C1. The Morgan fingerprint density at radius 2 is 1.37 bits per heavy atom. The van der Waals surface area contributed by atoms with Gasteiger partial charge in [-0.2, -0.15) is 0 Å². The molecule has 1 aromatic heterocycles. The first-order valence-corrected chi connectivity index (χ1v) is 17.9. The first-order chi connectivity index (χ1) is 25.2. The summed E-state index contributed by atoms with van der Waals surface area (Å²) in [6, 6.07) is 53.6. The van der Waals surface area contributed by atoms with Crippen LogP contribution in [0, 0.1) is 0 Å². The average Bonchev–Trinajstić information content (AvgIpc) is 3.65. The number of likely N-dealkylation sites (N-methyl/N-ethyl adjacent to an activating group) is 1. The second kappa shape index (κ2) is 12.0. The third-order valence-electron chi connectivity index (χ3n) is 10.8. The molecule has 0 saturated carbocycles. The number of rotatable bonds is 7. The van der Waals surface area contributed by atoms with Crippen LogP contribution in [0.4, 0.5) is 11.4 Å². The van der Waals surface area contributed by atoms with Crippen LogP contribution in [0.15, 0.2) is 175 Å². The normalized spacial score (nSPS) is 19.2. The second-order valence-electron chi connectivity index (χ2n) is 14.0. The lowest BCUT2D eigenvalue weighted by molar-refractivity contribution is 0.427. The first-order valence-electron chi connectivity index (χ1n) is 17.9. The van der Waals surface area contributed by atoms with Crippen molar-refractivity contribution < 1.29 is 0 Å². The van der Waals surface area contributed by atoms with Gasteiger partial charge in [-0.25, -0.2) is 0 Å². The largest absolute Gasteiger partial charge is 0.364 e. The first kappa shape index (κ1) is 29.8. The van der Waals surface area contributed by atoms with Crippen molar-refractivity contribution in [3.8, 4) is 27.9 Å². The van der Waals surface area contributed by atoms with E-state index >= 15 is 0 Å². The Morgan fingerprint density at radius 1 is 0.627 bits per heavy atom. The molecule has 6 aromatic carbocycles. The molecule has 3 atom stereocenters. The smallest absolute Gasteiger partial charge is 0.0699 e. The van der Waals surface area contributed by atoms with Crippen LogP contribution in [0.1, 0.15) is 5.56 Å².